The molecule has 0 fully saturated rings. The van der Waals surface area contributed by atoms with Crippen LogP contribution in [0.3, 0.4) is 0 Å². The molecule has 0 radical (unpaired) electrons. The zero-order valence-electron chi connectivity index (χ0n) is 14.3. The van der Waals surface area contributed by atoms with Gasteiger partial charge in [0, 0.05) is 0 Å². The molecule has 142 valence electrons. The summed E-state index contributed by atoms with van der Waals surface area (Å²) in [6.07, 6.45) is 2.10. The molecule has 0 spiro atoms. The number of amides is 1. The Hall–Kier alpha value is -2.21. The number of hydrogen-bond acceptors (Lipinski definition) is 7. The van der Waals surface area contributed by atoms with Crippen LogP contribution in [0.5, 0.6) is 5.75 Å². The molecule has 1 aliphatic heterocycles. The second kappa shape index (κ2) is 6.83. The Morgan fingerprint density at radius 2 is 1.81 bits per heavy atom. The van der Waals surface area contributed by atoms with Gasteiger partial charge in [0.25, 0.3) is 0 Å². The SMILES string of the molecule is COc1ccc(S(=O)(=O)C2=CC=CS(=O)(=O)[N+](C)(C)C2C(=O)NO)cc1. The van der Waals surface area contributed by atoms with Gasteiger partial charge in [0.15, 0.2) is 0 Å². The molecule has 1 amide bonds. The summed E-state index contributed by atoms with van der Waals surface area (Å²) in [5, 5.41) is 9.86. The lowest BCUT2D eigenvalue weighted by atomic mass is 10.2. The van der Waals surface area contributed by atoms with Crippen LogP contribution in [0.1, 0.15) is 0 Å². The van der Waals surface area contributed by atoms with Crippen molar-refractivity contribution in [3.63, 3.8) is 0 Å². The fourth-order valence-electron chi connectivity index (χ4n) is 2.53. The summed E-state index contributed by atoms with van der Waals surface area (Å²) in [7, 11) is -4.51. The average Bonchev–Trinajstić information content (AvgIpc) is 2.68. The normalized spacial score (nSPS) is 21.4. The quantitative estimate of drug-likeness (QED) is 0.416. The molecular formula is C15H19N2O7S2+. The van der Waals surface area contributed by atoms with E-state index in [1.807, 2.05) is 0 Å². The van der Waals surface area contributed by atoms with Crippen molar-refractivity contribution in [2.45, 2.75) is 10.9 Å². The summed E-state index contributed by atoms with van der Waals surface area (Å²) in [5.41, 5.74) is 1.36. The van der Waals surface area contributed by atoms with Crippen molar-refractivity contribution < 1.29 is 35.5 Å². The molecule has 26 heavy (non-hydrogen) atoms. The third-order valence-corrected chi connectivity index (χ3v) is 7.99. The molecular weight excluding hydrogens is 384 g/mol. The molecule has 0 saturated heterocycles. The van der Waals surface area contributed by atoms with E-state index in [1.54, 1.807) is 0 Å². The van der Waals surface area contributed by atoms with Gasteiger partial charge in [-0.25, -0.2) is 17.8 Å². The van der Waals surface area contributed by atoms with Gasteiger partial charge in [-0.05, 0) is 36.4 Å². The lowest BCUT2D eigenvalue weighted by molar-refractivity contribution is -0.772. The highest BCUT2D eigenvalue weighted by molar-refractivity contribution is 7.95. The third kappa shape index (κ3) is 3.26. The van der Waals surface area contributed by atoms with Gasteiger partial charge >= 0.3 is 15.9 Å². The highest BCUT2D eigenvalue weighted by Gasteiger charge is 2.51. The molecule has 2 N–H and O–H groups in total. The van der Waals surface area contributed by atoms with Crippen molar-refractivity contribution >= 4 is 25.8 Å². The second-order valence-electron chi connectivity index (χ2n) is 5.90. The molecule has 1 heterocycles. The number of nitrogens with zero attached hydrogens (tertiary/aromatic N) is 1. The lowest BCUT2D eigenvalue weighted by Gasteiger charge is -2.33. The Labute approximate surface area is 151 Å². The topological polar surface area (TPSA) is 127 Å². The number of nitrogens with one attached hydrogen (secondary N) is 1. The number of quaternary nitrogens is 1. The number of ether oxygens (including phenoxy) is 1. The van der Waals surface area contributed by atoms with Gasteiger partial charge in [-0.2, -0.15) is 8.42 Å². The van der Waals surface area contributed by atoms with E-state index >= 15 is 0 Å². The Balaban J connectivity index is 2.69. The summed E-state index contributed by atoms with van der Waals surface area (Å²) in [5.74, 6) is -0.729. The Kier molecular flexibility index (Phi) is 5.29. The maximum Gasteiger partial charge on any atom is 0.320 e. The first-order valence-corrected chi connectivity index (χ1v) is 10.3. The van der Waals surface area contributed by atoms with Crippen LogP contribution in [0.15, 0.2) is 51.6 Å². The minimum absolute atomic E-state index is 0.145. The molecule has 9 nitrogen and oxygen atoms in total. The van der Waals surface area contributed by atoms with Crippen molar-refractivity contribution in [3.8, 4) is 5.75 Å². The second-order valence-corrected chi connectivity index (χ2v) is 10.1. The van der Waals surface area contributed by atoms with Crippen molar-refractivity contribution in [3.05, 3.63) is 46.7 Å². The average molecular weight is 403 g/mol. The molecule has 1 aliphatic rings. The predicted octanol–water partition coefficient (Wildman–Crippen LogP) is 0.160. The summed E-state index contributed by atoms with van der Waals surface area (Å²) in [4.78, 5) is 11.6. The van der Waals surface area contributed by atoms with Gasteiger partial charge in [0.05, 0.1) is 31.5 Å². The molecule has 0 aliphatic carbocycles. The maximum absolute atomic E-state index is 13.1. The van der Waals surface area contributed by atoms with E-state index in [2.05, 4.69) is 0 Å². The van der Waals surface area contributed by atoms with Crippen LogP contribution in [0.4, 0.5) is 0 Å². The van der Waals surface area contributed by atoms with Gasteiger partial charge in [0.1, 0.15) is 10.7 Å². The van der Waals surface area contributed by atoms with E-state index in [0.29, 0.717) is 5.75 Å². The number of hydroxylamine groups is 1. The predicted molar refractivity (Wildman–Crippen MR) is 92.1 cm³/mol. The van der Waals surface area contributed by atoms with Gasteiger partial charge < -0.3 is 4.74 Å². The highest BCUT2D eigenvalue weighted by Crippen LogP contribution is 2.32. The summed E-state index contributed by atoms with van der Waals surface area (Å²) >= 11 is 0. The van der Waals surface area contributed by atoms with Crippen LogP contribution >= 0.6 is 0 Å². The monoisotopic (exact) mass is 403 g/mol. The standard InChI is InChI=1S/C15H18N2O7S2/c1-17(2)14(15(18)16-19)13(5-4-10-25(17,20)21)26(22,23)12-8-6-11(24-3)7-9-12/h4-10,14H,1-3H3,(H-,16,18,19)/p+1. The van der Waals surface area contributed by atoms with Crippen LogP contribution in [0, 0.1) is 0 Å². The number of methoxy groups -OCH3 is 1. The molecule has 11 heteroatoms. The molecule has 1 atom stereocenters. The fourth-order valence-corrected chi connectivity index (χ4v) is 5.38. The third-order valence-electron chi connectivity index (χ3n) is 4.10. The van der Waals surface area contributed by atoms with Crippen molar-refractivity contribution in [1.29, 1.82) is 0 Å². The number of sulfonamides is 1. The molecule has 1 unspecified atom stereocenters. The van der Waals surface area contributed by atoms with Gasteiger partial charge in [0.2, 0.25) is 15.9 Å². The fraction of sp³-hybridized carbons (Fsp3) is 0.267. The Morgan fingerprint density at radius 1 is 1.23 bits per heavy atom. The molecule has 2 rings (SSSR count). The summed E-state index contributed by atoms with van der Waals surface area (Å²) in [6.45, 7) is 0. The van der Waals surface area contributed by atoms with E-state index in [4.69, 9.17) is 9.94 Å². The number of benzene rings is 1. The maximum atomic E-state index is 13.1. The summed E-state index contributed by atoms with van der Waals surface area (Å²) in [6, 6.07) is 3.71. The number of carbonyl (C=O) groups is 1. The number of carbonyl (C=O) groups excluding carboxylic acids is 1. The Bertz CT molecular complexity index is 975. The van der Waals surface area contributed by atoms with Gasteiger partial charge in [-0.3, -0.25) is 10.0 Å². The Morgan fingerprint density at radius 3 is 2.31 bits per heavy atom. The lowest BCUT2D eigenvalue weighted by Crippen LogP contribution is -2.59. The first kappa shape index (κ1) is 20.1. The van der Waals surface area contributed by atoms with Crippen molar-refractivity contribution in [2.75, 3.05) is 21.2 Å². The molecule has 0 bridgehead atoms. The zero-order chi connectivity index (χ0) is 19.8. The number of allylic oxidation sites excluding steroid dienone is 2. The first-order valence-electron chi connectivity index (χ1n) is 7.29. The molecule has 1 aromatic rings. The van der Waals surface area contributed by atoms with E-state index in [-0.39, 0.29) is 4.90 Å². The van der Waals surface area contributed by atoms with Crippen molar-refractivity contribution in [1.82, 2.24) is 5.48 Å². The van der Waals surface area contributed by atoms with Crippen LogP contribution in [0.2, 0.25) is 0 Å². The number of rotatable bonds is 4. The minimum Gasteiger partial charge on any atom is -0.497 e. The van der Waals surface area contributed by atoms with Crippen LogP contribution in [-0.4, -0.2) is 59.1 Å². The smallest absolute Gasteiger partial charge is 0.320 e. The van der Waals surface area contributed by atoms with E-state index in [9.17, 15) is 21.6 Å². The molecule has 1 aromatic carbocycles. The van der Waals surface area contributed by atoms with Crippen LogP contribution in [-0.2, 0) is 24.7 Å². The van der Waals surface area contributed by atoms with Crippen LogP contribution in [0.25, 0.3) is 0 Å². The zero-order valence-corrected chi connectivity index (χ0v) is 15.9. The largest absolute Gasteiger partial charge is 0.497 e. The van der Waals surface area contributed by atoms with E-state index in [1.165, 1.54) is 51.0 Å². The van der Waals surface area contributed by atoms with Crippen LogP contribution < -0.4 is 10.2 Å². The molecule has 0 saturated carbocycles. The van der Waals surface area contributed by atoms with E-state index < -0.39 is 40.6 Å². The first-order chi connectivity index (χ1) is 12.0. The number of sulfone groups is 1. The molecule has 0 aromatic heterocycles. The van der Waals surface area contributed by atoms with Gasteiger partial charge in [-0.15, -0.1) is 0 Å². The minimum atomic E-state index is -4.23. The van der Waals surface area contributed by atoms with Gasteiger partial charge in [-0.1, -0.05) is 0 Å². The van der Waals surface area contributed by atoms with E-state index in [0.717, 1.165) is 17.6 Å². The highest BCUT2D eigenvalue weighted by atomic mass is 32.2. The summed E-state index contributed by atoms with van der Waals surface area (Å²) < 4.78 is 54.9. The number of hydrogen-bond donors (Lipinski definition) is 2. The van der Waals surface area contributed by atoms with Crippen molar-refractivity contribution in [2.24, 2.45) is 0 Å². The number of likely N-dealkylation sites (N-methyl/N-ethyl adjacent to an activating group) is 1.